The first-order valence-corrected chi connectivity index (χ1v) is 7.79. The van der Waals surface area contributed by atoms with Gasteiger partial charge in [-0.15, -0.1) is 10.2 Å². The molecule has 0 aromatic carbocycles. The molecule has 0 fully saturated rings. The average molecular weight is 305 g/mol. The maximum absolute atomic E-state index is 5.85. The number of nitrogens with zero attached hydrogens (tertiary/aromatic N) is 3. The fraction of sp³-hybridized carbons (Fsp3) is 0.769. The Morgan fingerprint density at radius 3 is 2.21 bits per heavy atom. The second-order valence-electron chi connectivity index (χ2n) is 4.62. The molecule has 0 aliphatic heterocycles. The fourth-order valence-electron chi connectivity index (χ4n) is 1.87. The molecule has 1 aromatic rings. The quantitative estimate of drug-likeness (QED) is 0.635. The summed E-state index contributed by atoms with van der Waals surface area (Å²) < 4.78 is 0. The monoisotopic (exact) mass is 304 g/mol. The number of hydrogen-bond acceptors (Lipinski definition) is 4. The van der Waals surface area contributed by atoms with Gasteiger partial charge in [-0.2, -0.15) is 4.98 Å². The van der Waals surface area contributed by atoms with E-state index in [9.17, 15) is 0 Å². The Labute approximate surface area is 125 Å². The molecule has 0 aliphatic rings. The van der Waals surface area contributed by atoms with E-state index >= 15 is 0 Å². The zero-order valence-electron chi connectivity index (χ0n) is 11.5. The van der Waals surface area contributed by atoms with Crippen LogP contribution in [0, 0.1) is 0 Å². The molecule has 0 saturated heterocycles. The third kappa shape index (κ3) is 7.53. The Balaban J connectivity index is 2.03. The summed E-state index contributed by atoms with van der Waals surface area (Å²) >= 11 is 11.5. The van der Waals surface area contributed by atoms with Gasteiger partial charge in [-0.25, -0.2) is 0 Å². The van der Waals surface area contributed by atoms with E-state index in [2.05, 4.69) is 27.4 Å². The molecule has 0 aliphatic carbocycles. The molecule has 1 aromatic heterocycles. The van der Waals surface area contributed by atoms with Crippen LogP contribution in [0.2, 0.25) is 10.4 Å². The van der Waals surface area contributed by atoms with Gasteiger partial charge in [-0.3, -0.25) is 0 Å². The highest BCUT2D eigenvalue weighted by Gasteiger charge is 2.04. The summed E-state index contributed by atoms with van der Waals surface area (Å²) in [5.74, 6) is 0.518. The highest BCUT2D eigenvalue weighted by molar-refractivity contribution is 6.32. The van der Waals surface area contributed by atoms with E-state index in [-0.39, 0.29) is 10.4 Å². The lowest BCUT2D eigenvalue weighted by atomic mass is 10.1. The minimum absolute atomic E-state index is 0.114. The van der Waals surface area contributed by atoms with Crippen molar-refractivity contribution < 1.29 is 0 Å². The Hall–Kier alpha value is -0.610. The zero-order valence-corrected chi connectivity index (χ0v) is 13.0. The first kappa shape index (κ1) is 16.4. The minimum atomic E-state index is 0.114. The van der Waals surface area contributed by atoms with Crippen molar-refractivity contribution in [3.8, 4) is 0 Å². The predicted octanol–water partition coefficient (Wildman–Crippen LogP) is 4.73. The molecule has 4 nitrogen and oxygen atoms in total. The standard InChI is InChI=1S/C13H22Cl2N4/c1-2-3-4-5-6-7-8-9-10-16-12-11(14)18-19-13(15)17-12/h2-10H2,1H3,(H,16,17,19). The van der Waals surface area contributed by atoms with E-state index < -0.39 is 0 Å². The topological polar surface area (TPSA) is 50.7 Å². The van der Waals surface area contributed by atoms with Gasteiger partial charge in [0, 0.05) is 6.54 Å². The third-order valence-corrected chi connectivity index (χ3v) is 3.36. The molecule has 19 heavy (non-hydrogen) atoms. The number of aromatic nitrogens is 3. The third-order valence-electron chi connectivity index (χ3n) is 2.94. The molecule has 1 rings (SSSR count). The molecular weight excluding hydrogens is 283 g/mol. The van der Waals surface area contributed by atoms with Crippen LogP contribution in [0.1, 0.15) is 58.3 Å². The molecule has 108 valence electrons. The molecule has 0 atom stereocenters. The van der Waals surface area contributed by atoms with Crippen LogP contribution in [-0.2, 0) is 0 Å². The van der Waals surface area contributed by atoms with E-state index in [1.165, 1.54) is 44.9 Å². The van der Waals surface area contributed by atoms with E-state index in [0.29, 0.717) is 5.82 Å². The van der Waals surface area contributed by atoms with Gasteiger partial charge in [0.15, 0.2) is 11.0 Å². The molecule has 0 bridgehead atoms. The van der Waals surface area contributed by atoms with Gasteiger partial charge in [-0.05, 0) is 18.0 Å². The predicted molar refractivity (Wildman–Crippen MR) is 80.9 cm³/mol. The average Bonchev–Trinajstić information content (AvgIpc) is 2.40. The lowest BCUT2D eigenvalue weighted by molar-refractivity contribution is 0.581. The minimum Gasteiger partial charge on any atom is -0.367 e. The van der Waals surface area contributed by atoms with E-state index in [1.54, 1.807) is 0 Å². The van der Waals surface area contributed by atoms with Crippen LogP contribution in [0.15, 0.2) is 0 Å². The van der Waals surface area contributed by atoms with Crippen molar-refractivity contribution in [3.63, 3.8) is 0 Å². The van der Waals surface area contributed by atoms with Crippen LogP contribution in [0.3, 0.4) is 0 Å². The molecule has 1 N–H and O–H groups in total. The second-order valence-corrected chi connectivity index (χ2v) is 5.32. The summed E-state index contributed by atoms with van der Waals surface area (Å²) in [5, 5.41) is 10.8. The summed E-state index contributed by atoms with van der Waals surface area (Å²) in [7, 11) is 0. The summed E-state index contributed by atoms with van der Waals surface area (Å²) in [6.07, 6.45) is 10.4. The van der Waals surface area contributed by atoms with Crippen molar-refractivity contribution in [1.82, 2.24) is 15.2 Å². The number of halogens is 2. The molecule has 6 heteroatoms. The molecule has 0 amide bonds. The first-order chi connectivity index (χ1) is 9.24. The summed E-state index contributed by atoms with van der Waals surface area (Å²) in [5.41, 5.74) is 0. The Morgan fingerprint density at radius 1 is 0.895 bits per heavy atom. The highest BCUT2D eigenvalue weighted by Crippen LogP contribution is 2.16. The van der Waals surface area contributed by atoms with Crippen LogP contribution < -0.4 is 5.32 Å². The first-order valence-electron chi connectivity index (χ1n) is 7.03. The fourth-order valence-corrected chi connectivity index (χ4v) is 2.14. The SMILES string of the molecule is CCCCCCCCCCNc1nc(Cl)nnc1Cl. The van der Waals surface area contributed by atoms with Gasteiger partial charge >= 0.3 is 0 Å². The van der Waals surface area contributed by atoms with Gasteiger partial charge in [0.05, 0.1) is 0 Å². The van der Waals surface area contributed by atoms with Crippen LogP contribution in [0.4, 0.5) is 5.82 Å². The number of anilines is 1. The van der Waals surface area contributed by atoms with Crippen LogP contribution in [0.25, 0.3) is 0 Å². The zero-order chi connectivity index (χ0) is 13.9. The molecule has 0 radical (unpaired) electrons. The number of nitrogens with one attached hydrogen (secondary N) is 1. The molecule has 0 saturated carbocycles. The van der Waals surface area contributed by atoms with Gasteiger partial charge in [0.25, 0.3) is 0 Å². The lowest BCUT2D eigenvalue weighted by Gasteiger charge is -2.06. The number of unbranched alkanes of at least 4 members (excludes halogenated alkanes) is 7. The smallest absolute Gasteiger partial charge is 0.245 e. The van der Waals surface area contributed by atoms with Crippen LogP contribution in [0.5, 0.6) is 0 Å². The summed E-state index contributed by atoms with van der Waals surface area (Å²) in [6.45, 7) is 3.08. The maximum atomic E-state index is 5.85. The van der Waals surface area contributed by atoms with Crippen molar-refractivity contribution in [1.29, 1.82) is 0 Å². The van der Waals surface area contributed by atoms with Gasteiger partial charge < -0.3 is 5.32 Å². The lowest BCUT2D eigenvalue weighted by Crippen LogP contribution is -2.05. The van der Waals surface area contributed by atoms with Gasteiger partial charge in [0.2, 0.25) is 5.28 Å². The van der Waals surface area contributed by atoms with Crippen LogP contribution >= 0.6 is 23.2 Å². The maximum Gasteiger partial charge on any atom is 0.245 e. The summed E-state index contributed by atoms with van der Waals surface area (Å²) in [4.78, 5) is 3.99. The van der Waals surface area contributed by atoms with E-state index in [1.807, 2.05) is 0 Å². The highest BCUT2D eigenvalue weighted by atomic mass is 35.5. The molecule has 0 unspecified atom stereocenters. The van der Waals surface area contributed by atoms with E-state index in [4.69, 9.17) is 23.2 Å². The Kier molecular flexibility index (Phi) is 8.84. The summed E-state index contributed by atoms with van der Waals surface area (Å²) in [6, 6.07) is 0. The van der Waals surface area contributed by atoms with Gasteiger partial charge in [-0.1, -0.05) is 63.5 Å². The number of rotatable bonds is 10. The van der Waals surface area contributed by atoms with Crippen molar-refractivity contribution in [3.05, 3.63) is 10.4 Å². The molecule has 1 heterocycles. The van der Waals surface area contributed by atoms with Crippen LogP contribution in [-0.4, -0.2) is 21.7 Å². The van der Waals surface area contributed by atoms with Crippen molar-refractivity contribution >= 4 is 29.0 Å². The molecular formula is C13H22Cl2N4. The Morgan fingerprint density at radius 2 is 1.53 bits per heavy atom. The molecule has 0 spiro atoms. The van der Waals surface area contributed by atoms with Crippen molar-refractivity contribution in [2.45, 2.75) is 58.3 Å². The Bertz CT molecular complexity index is 360. The normalized spacial score (nSPS) is 10.7. The largest absolute Gasteiger partial charge is 0.367 e. The van der Waals surface area contributed by atoms with Crippen molar-refractivity contribution in [2.24, 2.45) is 0 Å². The van der Waals surface area contributed by atoms with Gasteiger partial charge in [0.1, 0.15) is 0 Å². The van der Waals surface area contributed by atoms with E-state index in [0.717, 1.165) is 13.0 Å². The number of hydrogen-bond donors (Lipinski definition) is 1. The second kappa shape index (κ2) is 10.2. The van der Waals surface area contributed by atoms with Crippen molar-refractivity contribution in [2.75, 3.05) is 11.9 Å².